The molecule has 1 N–H and O–H groups in total. The first kappa shape index (κ1) is 15.4. The van der Waals surface area contributed by atoms with E-state index in [2.05, 4.69) is 36.2 Å². The molecular weight excluding hydrogens is 350 g/mol. The number of morpholine rings is 1. The van der Waals surface area contributed by atoms with Gasteiger partial charge in [-0.15, -0.1) is 0 Å². The average Bonchev–Trinajstić information content (AvgIpc) is 3.11. The summed E-state index contributed by atoms with van der Waals surface area (Å²) in [6.45, 7) is 2.92. The van der Waals surface area contributed by atoms with Crippen molar-refractivity contribution in [3.63, 3.8) is 0 Å². The van der Waals surface area contributed by atoms with Crippen LogP contribution < -0.4 is 10.2 Å². The molecule has 1 saturated heterocycles. The summed E-state index contributed by atoms with van der Waals surface area (Å²) in [7, 11) is 0. The second kappa shape index (κ2) is 6.43. The largest absolute Gasteiger partial charge is 0.378 e. The van der Waals surface area contributed by atoms with E-state index in [1.54, 1.807) is 17.5 Å². The van der Waals surface area contributed by atoms with Crippen molar-refractivity contribution in [3.05, 3.63) is 36.8 Å². The van der Waals surface area contributed by atoms with Crippen LogP contribution in [-0.4, -0.2) is 51.2 Å². The number of hydrogen-bond acceptors (Lipinski definition) is 9. The molecule has 1 aliphatic heterocycles. The third-order valence-corrected chi connectivity index (χ3v) is 5.13. The molecule has 0 spiro atoms. The minimum absolute atomic E-state index is 0.631. The van der Waals surface area contributed by atoms with Gasteiger partial charge in [0.25, 0.3) is 0 Å². The Hall–Kier alpha value is -2.91. The SMILES string of the molecule is c1ccc2sc(Nc3ncnc4cnc(N5CCOCC5)nc34)nc2c1. The lowest BCUT2D eigenvalue weighted by Crippen LogP contribution is -2.37. The number of ether oxygens (including phenoxy) is 1. The van der Waals surface area contributed by atoms with Crippen molar-refractivity contribution in [1.29, 1.82) is 0 Å². The Morgan fingerprint density at radius 2 is 1.88 bits per heavy atom. The molecule has 0 bridgehead atoms. The van der Waals surface area contributed by atoms with Crippen molar-refractivity contribution >= 4 is 49.5 Å². The van der Waals surface area contributed by atoms with Gasteiger partial charge in [0.05, 0.1) is 29.6 Å². The van der Waals surface area contributed by atoms with E-state index in [1.165, 1.54) is 6.33 Å². The van der Waals surface area contributed by atoms with Gasteiger partial charge >= 0.3 is 0 Å². The lowest BCUT2D eigenvalue weighted by molar-refractivity contribution is 0.122. The van der Waals surface area contributed by atoms with Crippen LogP contribution in [0.1, 0.15) is 0 Å². The molecule has 0 atom stereocenters. The molecule has 9 heteroatoms. The zero-order valence-corrected chi connectivity index (χ0v) is 14.6. The number of thiazole rings is 1. The molecule has 8 nitrogen and oxygen atoms in total. The molecule has 4 heterocycles. The van der Waals surface area contributed by atoms with E-state index in [1.807, 2.05) is 18.2 Å². The number of rotatable bonds is 3. The summed E-state index contributed by atoms with van der Waals surface area (Å²) in [5, 5.41) is 4.06. The second-order valence-corrected chi connectivity index (χ2v) is 6.87. The number of aromatic nitrogens is 5. The zero-order valence-electron chi connectivity index (χ0n) is 13.8. The number of nitrogens with one attached hydrogen (secondary N) is 1. The van der Waals surface area contributed by atoms with Crippen molar-refractivity contribution in [2.45, 2.75) is 0 Å². The van der Waals surface area contributed by atoms with Crippen molar-refractivity contribution < 1.29 is 4.74 Å². The zero-order chi connectivity index (χ0) is 17.3. The molecule has 3 aromatic heterocycles. The summed E-state index contributed by atoms with van der Waals surface area (Å²) >= 11 is 1.58. The summed E-state index contributed by atoms with van der Waals surface area (Å²) < 4.78 is 6.52. The predicted molar refractivity (Wildman–Crippen MR) is 101 cm³/mol. The number of anilines is 3. The summed E-state index contributed by atoms with van der Waals surface area (Å²) in [4.78, 5) is 24.5. The van der Waals surface area contributed by atoms with Crippen molar-refractivity contribution in [3.8, 4) is 0 Å². The van der Waals surface area contributed by atoms with Gasteiger partial charge < -0.3 is 15.0 Å². The minimum atomic E-state index is 0.631. The number of fused-ring (bicyclic) bond motifs is 2. The highest BCUT2D eigenvalue weighted by Crippen LogP contribution is 2.29. The lowest BCUT2D eigenvalue weighted by Gasteiger charge is -2.26. The van der Waals surface area contributed by atoms with Crippen molar-refractivity contribution in [2.75, 3.05) is 36.5 Å². The molecule has 0 radical (unpaired) electrons. The molecule has 1 aliphatic rings. The van der Waals surface area contributed by atoms with E-state index in [9.17, 15) is 0 Å². The van der Waals surface area contributed by atoms with Crippen LogP contribution in [0.3, 0.4) is 0 Å². The van der Waals surface area contributed by atoms with E-state index in [0.29, 0.717) is 36.0 Å². The van der Waals surface area contributed by atoms with E-state index in [0.717, 1.165) is 28.4 Å². The first-order valence-corrected chi connectivity index (χ1v) is 9.11. The van der Waals surface area contributed by atoms with Crippen LogP contribution in [0.4, 0.5) is 16.9 Å². The fraction of sp³-hybridized carbons (Fsp3) is 0.235. The average molecular weight is 365 g/mol. The summed E-state index contributed by atoms with van der Waals surface area (Å²) in [5.41, 5.74) is 2.34. The molecule has 130 valence electrons. The van der Waals surface area contributed by atoms with Crippen LogP contribution in [0.5, 0.6) is 0 Å². The highest BCUT2D eigenvalue weighted by molar-refractivity contribution is 7.22. The minimum Gasteiger partial charge on any atom is -0.378 e. The van der Waals surface area contributed by atoms with Gasteiger partial charge in [0.15, 0.2) is 10.9 Å². The molecule has 0 unspecified atom stereocenters. The molecule has 5 rings (SSSR count). The van der Waals surface area contributed by atoms with Gasteiger partial charge in [-0.2, -0.15) is 0 Å². The first-order chi connectivity index (χ1) is 12.9. The van der Waals surface area contributed by atoms with Crippen LogP contribution in [0.25, 0.3) is 21.3 Å². The number of benzene rings is 1. The van der Waals surface area contributed by atoms with Crippen LogP contribution in [0, 0.1) is 0 Å². The highest BCUT2D eigenvalue weighted by atomic mass is 32.1. The number of para-hydroxylation sites is 1. The van der Waals surface area contributed by atoms with Crippen LogP contribution in [0.2, 0.25) is 0 Å². The van der Waals surface area contributed by atoms with E-state index < -0.39 is 0 Å². The molecule has 0 amide bonds. The first-order valence-electron chi connectivity index (χ1n) is 8.30. The monoisotopic (exact) mass is 365 g/mol. The highest BCUT2D eigenvalue weighted by Gasteiger charge is 2.16. The maximum atomic E-state index is 5.40. The Balaban J connectivity index is 1.53. The van der Waals surface area contributed by atoms with Gasteiger partial charge in [0.2, 0.25) is 5.95 Å². The van der Waals surface area contributed by atoms with E-state index in [4.69, 9.17) is 9.72 Å². The third kappa shape index (κ3) is 2.80. The Kier molecular flexibility index (Phi) is 3.80. The number of hydrogen-bond donors (Lipinski definition) is 1. The molecular formula is C17H15N7OS. The standard InChI is InChI=1S/C17H15N7OS/c1-2-4-13-11(3-1)21-17(26-13)23-15-14-12(19-10-20-15)9-18-16(22-14)24-5-7-25-8-6-24/h1-4,9-10H,5-8H2,(H,19,20,21,23). The molecule has 4 aromatic rings. The van der Waals surface area contributed by atoms with E-state index in [-0.39, 0.29) is 0 Å². The van der Waals surface area contributed by atoms with Gasteiger partial charge in [-0.3, -0.25) is 0 Å². The van der Waals surface area contributed by atoms with Gasteiger partial charge in [0.1, 0.15) is 17.4 Å². The fourth-order valence-electron chi connectivity index (χ4n) is 2.88. The molecule has 0 aliphatic carbocycles. The maximum absolute atomic E-state index is 5.40. The summed E-state index contributed by atoms with van der Waals surface area (Å²) in [6, 6.07) is 8.03. The molecule has 0 saturated carbocycles. The Morgan fingerprint density at radius 3 is 2.77 bits per heavy atom. The molecule has 1 aromatic carbocycles. The van der Waals surface area contributed by atoms with Crippen molar-refractivity contribution in [1.82, 2.24) is 24.9 Å². The van der Waals surface area contributed by atoms with Gasteiger partial charge in [-0.25, -0.2) is 24.9 Å². The normalized spacial score (nSPS) is 14.8. The predicted octanol–water partition coefficient (Wildman–Crippen LogP) is 2.61. The summed E-state index contributed by atoms with van der Waals surface area (Å²) in [5.74, 6) is 1.30. The summed E-state index contributed by atoms with van der Waals surface area (Å²) in [6.07, 6.45) is 3.24. The van der Waals surface area contributed by atoms with Gasteiger partial charge in [-0.1, -0.05) is 23.5 Å². The van der Waals surface area contributed by atoms with Crippen molar-refractivity contribution in [2.24, 2.45) is 0 Å². The Bertz CT molecular complexity index is 1040. The molecule has 26 heavy (non-hydrogen) atoms. The quantitative estimate of drug-likeness (QED) is 0.593. The van der Waals surface area contributed by atoms with Crippen LogP contribution >= 0.6 is 11.3 Å². The number of nitrogens with zero attached hydrogens (tertiary/aromatic N) is 6. The van der Waals surface area contributed by atoms with Crippen LogP contribution in [0.15, 0.2) is 36.8 Å². The Labute approximate surface area is 152 Å². The smallest absolute Gasteiger partial charge is 0.226 e. The van der Waals surface area contributed by atoms with E-state index >= 15 is 0 Å². The third-order valence-electron chi connectivity index (χ3n) is 4.18. The van der Waals surface area contributed by atoms with Gasteiger partial charge in [-0.05, 0) is 12.1 Å². The second-order valence-electron chi connectivity index (χ2n) is 5.84. The Morgan fingerprint density at radius 1 is 1.00 bits per heavy atom. The topological polar surface area (TPSA) is 89.0 Å². The van der Waals surface area contributed by atoms with Gasteiger partial charge in [0, 0.05) is 13.1 Å². The molecule has 1 fully saturated rings. The maximum Gasteiger partial charge on any atom is 0.226 e. The fourth-order valence-corrected chi connectivity index (χ4v) is 3.74. The lowest BCUT2D eigenvalue weighted by atomic mass is 10.3. The van der Waals surface area contributed by atoms with Crippen LogP contribution in [-0.2, 0) is 4.74 Å².